The third-order valence-electron chi connectivity index (χ3n) is 9.14. The van der Waals surface area contributed by atoms with Crippen molar-refractivity contribution in [2.24, 2.45) is 16.5 Å². The molecule has 0 spiro atoms. The summed E-state index contributed by atoms with van der Waals surface area (Å²) in [6.07, 6.45) is 2.15. The molecule has 1 aliphatic rings. The lowest BCUT2D eigenvalue weighted by molar-refractivity contribution is -0.136. The molecule has 1 heterocycles. The number of amides is 2. The van der Waals surface area contributed by atoms with E-state index in [-0.39, 0.29) is 36.3 Å². The molecule has 5 aromatic carbocycles. The van der Waals surface area contributed by atoms with Crippen molar-refractivity contribution in [3.63, 3.8) is 0 Å². The molecule has 9 heteroatoms. The quantitative estimate of drug-likeness (QED) is 0.0906. The Labute approximate surface area is 297 Å². The number of hydrogen-bond donors (Lipinski definition) is 2. The van der Waals surface area contributed by atoms with Gasteiger partial charge < -0.3 is 21.3 Å². The molecule has 1 saturated heterocycles. The van der Waals surface area contributed by atoms with E-state index in [1.54, 1.807) is 12.1 Å². The molecule has 5 aromatic rings. The van der Waals surface area contributed by atoms with E-state index in [0.29, 0.717) is 54.5 Å². The largest absolute Gasteiger partial charge is 0.370 e. The number of rotatable bonds is 10. The maximum atomic E-state index is 14.7. The number of fused-ring (bicyclic) bond motifs is 1. The fourth-order valence-corrected chi connectivity index (χ4v) is 7.01. The number of halogens is 2. The fourth-order valence-electron chi connectivity index (χ4n) is 6.71. The van der Waals surface area contributed by atoms with Gasteiger partial charge in [0.15, 0.2) is 5.96 Å². The first-order valence-electron chi connectivity index (χ1n) is 16.5. The van der Waals surface area contributed by atoms with Crippen LogP contribution in [0.3, 0.4) is 0 Å². The van der Waals surface area contributed by atoms with E-state index in [4.69, 9.17) is 34.7 Å². The second-order valence-electron chi connectivity index (χ2n) is 12.5. The molecule has 250 valence electrons. The molecule has 7 nitrogen and oxygen atoms in total. The van der Waals surface area contributed by atoms with Gasteiger partial charge in [-0.3, -0.25) is 14.6 Å². The van der Waals surface area contributed by atoms with Gasteiger partial charge >= 0.3 is 0 Å². The monoisotopic (exact) mass is 691 g/mol. The van der Waals surface area contributed by atoms with Crippen LogP contribution in [0.4, 0.5) is 0 Å². The summed E-state index contributed by atoms with van der Waals surface area (Å²) < 4.78 is 0. The van der Waals surface area contributed by atoms with E-state index < -0.39 is 0 Å². The molecule has 1 fully saturated rings. The highest BCUT2D eigenvalue weighted by molar-refractivity contribution is 6.42. The van der Waals surface area contributed by atoms with Gasteiger partial charge in [-0.05, 0) is 70.5 Å². The van der Waals surface area contributed by atoms with Crippen molar-refractivity contribution in [2.45, 2.75) is 37.8 Å². The van der Waals surface area contributed by atoms with Crippen LogP contribution in [0.25, 0.3) is 21.9 Å². The minimum atomic E-state index is -0.254. The lowest BCUT2D eigenvalue weighted by Crippen LogP contribution is -2.62. The van der Waals surface area contributed by atoms with Crippen LogP contribution >= 0.6 is 23.2 Å². The van der Waals surface area contributed by atoms with Crippen LogP contribution in [0.1, 0.15) is 34.3 Å². The molecule has 49 heavy (non-hydrogen) atoms. The Kier molecular flexibility index (Phi) is 10.8. The van der Waals surface area contributed by atoms with Crippen LogP contribution < -0.4 is 11.5 Å². The molecule has 0 aliphatic carbocycles. The fraction of sp³-hybridized carbons (Fsp3) is 0.225. The van der Waals surface area contributed by atoms with Crippen molar-refractivity contribution in [3.8, 4) is 11.1 Å². The number of nitrogens with two attached hydrogens (primary N) is 2. The summed E-state index contributed by atoms with van der Waals surface area (Å²) in [4.78, 5) is 37.0. The van der Waals surface area contributed by atoms with Crippen molar-refractivity contribution in [1.82, 2.24) is 9.80 Å². The number of piperazine rings is 1. The first-order chi connectivity index (χ1) is 23.8. The summed E-state index contributed by atoms with van der Waals surface area (Å²) in [6.45, 7) is 1.20. The van der Waals surface area contributed by atoms with Crippen LogP contribution in [0, 0.1) is 0 Å². The topological polar surface area (TPSA) is 105 Å². The number of carbonyl (C=O) groups is 2. The van der Waals surface area contributed by atoms with Crippen LogP contribution in [0.5, 0.6) is 0 Å². The second kappa shape index (κ2) is 15.6. The number of guanidine groups is 1. The van der Waals surface area contributed by atoms with Gasteiger partial charge in [0.05, 0.1) is 22.5 Å². The summed E-state index contributed by atoms with van der Waals surface area (Å²) >= 11 is 12.6. The Balaban J connectivity index is 1.34. The van der Waals surface area contributed by atoms with E-state index in [1.165, 1.54) is 0 Å². The van der Waals surface area contributed by atoms with Gasteiger partial charge in [-0.25, -0.2) is 0 Å². The molecule has 0 radical (unpaired) electrons. The lowest BCUT2D eigenvalue weighted by atomic mass is 9.93. The maximum Gasteiger partial charge on any atom is 0.254 e. The molecule has 6 rings (SSSR count). The predicted molar refractivity (Wildman–Crippen MR) is 200 cm³/mol. The standard InChI is InChI=1S/C40H39Cl2N5O2/c41-36-19-18-31(24-37(36)42)34-14-6-7-15-35(34)39(49)47-26-33(22-27-9-2-1-3-10-27)46(25-32(47)13-8-20-45-40(43)44)38(48)23-28-16-17-29-11-4-5-12-30(29)21-28/h1-7,9-12,14-19,21,24,32-33H,8,13,20,22-23,25-26H2,(H4,43,44,45)/t32-,33+/m0/s1. The molecule has 0 unspecified atom stereocenters. The molecule has 2 atom stereocenters. The Morgan fingerprint density at radius 2 is 1.43 bits per heavy atom. The van der Waals surface area contributed by atoms with Gasteiger partial charge in [-0.1, -0.05) is 120 Å². The zero-order valence-electron chi connectivity index (χ0n) is 27.1. The molecule has 0 saturated carbocycles. The van der Waals surface area contributed by atoms with Gasteiger partial charge in [0.25, 0.3) is 5.91 Å². The van der Waals surface area contributed by atoms with Crippen LogP contribution in [0.15, 0.2) is 120 Å². The van der Waals surface area contributed by atoms with Gasteiger partial charge in [-0.15, -0.1) is 0 Å². The maximum absolute atomic E-state index is 14.7. The number of nitrogens with zero attached hydrogens (tertiary/aromatic N) is 3. The van der Waals surface area contributed by atoms with E-state index in [1.807, 2.05) is 76.5 Å². The van der Waals surface area contributed by atoms with Crippen LogP contribution in [0.2, 0.25) is 10.0 Å². The molecule has 1 aliphatic heterocycles. The normalized spacial score (nSPS) is 16.0. The van der Waals surface area contributed by atoms with Gasteiger partial charge in [0, 0.05) is 31.2 Å². The third-order valence-corrected chi connectivity index (χ3v) is 9.88. The molecular formula is C40H39Cl2N5O2. The second-order valence-corrected chi connectivity index (χ2v) is 13.3. The molecule has 4 N–H and O–H groups in total. The Bertz CT molecular complexity index is 1980. The Hall–Kier alpha value is -4.85. The average Bonchev–Trinajstić information content (AvgIpc) is 3.11. The molecule has 2 amide bonds. The number of carbonyl (C=O) groups excluding carboxylic acids is 2. The summed E-state index contributed by atoms with van der Waals surface area (Å²) in [5, 5.41) is 3.10. The smallest absolute Gasteiger partial charge is 0.254 e. The third kappa shape index (κ3) is 8.24. The number of aliphatic imine (C=N–C) groups is 1. The number of hydrogen-bond acceptors (Lipinski definition) is 3. The van der Waals surface area contributed by atoms with Gasteiger partial charge in [-0.2, -0.15) is 0 Å². The van der Waals surface area contributed by atoms with Crippen LogP contribution in [-0.2, 0) is 17.6 Å². The Morgan fingerprint density at radius 3 is 2.20 bits per heavy atom. The molecule has 0 bridgehead atoms. The Morgan fingerprint density at radius 1 is 0.714 bits per heavy atom. The lowest BCUT2D eigenvalue weighted by Gasteiger charge is -2.47. The summed E-state index contributed by atoms with van der Waals surface area (Å²) in [6, 6.07) is 36.9. The first-order valence-corrected chi connectivity index (χ1v) is 17.2. The molecule has 0 aromatic heterocycles. The zero-order valence-corrected chi connectivity index (χ0v) is 28.7. The van der Waals surface area contributed by atoms with E-state index >= 15 is 0 Å². The van der Waals surface area contributed by atoms with Gasteiger partial charge in [0.1, 0.15) is 0 Å². The summed E-state index contributed by atoms with van der Waals surface area (Å²) in [5.41, 5.74) is 15.4. The average molecular weight is 693 g/mol. The highest BCUT2D eigenvalue weighted by Gasteiger charge is 2.39. The van der Waals surface area contributed by atoms with Gasteiger partial charge in [0.2, 0.25) is 5.91 Å². The van der Waals surface area contributed by atoms with Crippen molar-refractivity contribution in [2.75, 3.05) is 19.6 Å². The highest BCUT2D eigenvalue weighted by Crippen LogP contribution is 2.33. The first kappa shape index (κ1) is 34.0. The summed E-state index contributed by atoms with van der Waals surface area (Å²) in [5.74, 6) is -0.0378. The van der Waals surface area contributed by atoms with Crippen molar-refractivity contribution < 1.29 is 9.59 Å². The minimum absolute atomic E-state index is 0.0299. The van der Waals surface area contributed by atoms with Crippen molar-refractivity contribution >= 4 is 51.7 Å². The van der Waals surface area contributed by atoms with E-state index in [2.05, 4.69) is 41.4 Å². The predicted octanol–water partition coefficient (Wildman–Crippen LogP) is 7.37. The van der Waals surface area contributed by atoms with E-state index in [0.717, 1.165) is 33.0 Å². The van der Waals surface area contributed by atoms with Crippen molar-refractivity contribution in [3.05, 3.63) is 142 Å². The minimum Gasteiger partial charge on any atom is -0.370 e. The summed E-state index contributed by atoms with van der Waals surface area (Å²) in [7, 11) is 0. The number of benzene rings is 5. The van der Waals surface area contributed by atoms with Crippen LogP contribution in [-0.4, -0.2) is 59.3 Å². The zero-order chi connectivity index (χ0) is 34.3. The molecular weight excluding hydrogens is 653 g/mol. The SMILES string of the molecule is NC(N)=NCCC[C@H]1CN(C(=O)Cc2ccc3ccccc3c2)[C@H](Cc2ccccc2)CN1C(=O)c1ccccc1-c1ccc(Cl)c(Cl)c1. The van der Waals surface area contributed by atoms with Crippen molar-refractivity contribution in [1.29, 1.82) is 0 Å². The van der Waals surface area contributed by atoms with E-state index in [9.17, 15) is 9.59 Å². The highest BCUT2D eigenvalue weighted by atomic mass is 35.5.